The number of fused-ring (bicyclic) bond motifs is 1. The first-order valence-electron chi connectivity index (χ1n) is 6.44. The van der Waals surface area contributed by atoms with Crippen LogP contribution in [-0.4, -0.2) is 9.55 Å². The summed E-state index contributed by atoms with van der Waals surface area (Å²) in [6.45, 7) is 3.32. The van der Waals surface area contributed by atoms with Gasteiger partial charge in [-0.15, -0.1) is 0 Å². The van der Waals surface area contributed by atoms with Crippen molar-refractivity contribution in [3.8, 4) is 5.69 Å². The molecule has 0 saturated heterocycles. The molecule has 3 rings (SSSR count). The van der Waals surface area contributed by atoms with Gasteiger partial charge >= 0.3 is 0 Å². The standard InChI is InChI=1S/C16H12F2N2O/c1-9-5-3-8-13-14(9)16(21)20(10(2)19-13)15-11(17)6-4-7-12(15)18/h3-8H,1-2H3. The van der Waals surface area contributed by atoms with Gasteiger partial charge in [-0.25, -0.2) is 13.8 Å². The molecule has 0 aliphatic heterocycles. The lowest BCUT2D eigenvalue weighted by Crippen LogP contribution is -2.24. The molecule has 3 aromatic rings. The lowest BCUT2D eigenvalue weighted by molar-refractivity contribution is 0.563. The Kier molecular flexibility index (Phi) is 3.05. The largest absolute Gasteiger partial charge is 0.268 e. The van der Waals surface area contributed by atoms with Crippen LogP contribution in [0.25, 0.3) is 16.6 Å². The fourth-order valence-electron chi connectivity index (χ4n) is 2.47. The zero-order valence-corrected chi connectivity index (χ0v) is 11.5. The van der Waals surface area contributed by atoms with Gasteiger partial charge in [0.1, 0.15) is 23.1 Å². The van der Waals surface area contributed by atoms with Crippen LogP contribution in [0.15, 0.2) is 41.2 Å². The third kappa shape index (κ3) is 2.01. The van der Waals surface area contributed by atoms with E-state index < -0.39 is 22.9 Å². The number of aromatic nitrogens is 2. The highest BCUT2D eigenvalue weighted by Gasteiger charge is 2.17. The van der Waals surface area contributed by atoms with Crippen molar-refractivity contribution in [3.63, 3.8) is 0 Å². The minimum absolute atomic E-state index is 0.238. The van der Waals surface area contributed by atoms with Crippen LogP contribution in [0.3, 0.4) is 0 Å². The van der Waals surface area contributed by atoms with Gasteiger partial charge in [-0.05, 0) is 37.6 Å². The molecule has 0 atom stereocenters. The van der Waals surface area contributed by atoms with Crippen LogP contribution in [0, 0.1) is 25.5 Å². The van der Waals surface area contributed by atoms with Crippen molar-refractivity contribution in [1.29, 1.82) is 0 Å². The molecule has 0 saturated carbocycles. The van der Waals surface area contributed by atoms with E-state index in [2.05, 4.69) is 4.98 Å². The first kappa shape index (κ1) is 13.4. The van der Waals surface area contributed by atoms with Crippen LogP contribution in [0.2, 0.25) is 0 Å². The predicted molar refractivity (Wildman–Crippen MR) is 76.7 cm³/mol. The Balaban J connectivity index is 2.50. The Labute approximate surface area is 119 Å². The van der Waals surface area contributed by atoms with Crippen molar-refractivity contribution >= 4 is 10.9 Å². The topological polar surface area (TPSA) is 34.9 Å². The first-order chi connectivity index (χ1) is 10.0. The van der Waals surface area contributed by atoms with Crippen molar-refractivity contribution in [2.75, 3.05) is 0 Å². The minimum Gasteiger partial charge on any atom is -0.268 e. The molecule has 0 radical (unpaired) electrons. The van der Waals surface area contributed by atoms with E-state index in [9.17, 15) is 13.6 Å². The Morgan fingerprint density at radius 2 is 1.62 bits per heavy atom. The van der Waals surface area contributed by atoms with E-state index in [-0.39, 0.29) is 5.82 Å². The number of hydrogen-bond acceptors (Lipinski definition) is 2. The number of hydrogen-bond donors (Lipinski definition) is 0. The fraction of sp³-hybridized carbons (Fsp3) is 0.125. The number of rotatable bonds is 1. The summed E-state index contributed by atoms with van der Waals surface area (Å²) in [5, 5.41) is 0.366. The third-order valence-corrected chi connectivity index (χ3v) is 3.43. The monoisotopic (exact) mass is 286 g/mol. The van der Waals surface area contributed by atoms with Gasteiger partial charge in [0, 0.05) is 0 Å². The molecule has 0 spiro atoms. The van der Waals surface area contributed by atoms with Gasteiger partial charge in [0.2, 0.25) is 0 Å². The highest BCUT2D eigenvalue weighted by atomic mass is 19.1. The molecule has 0 bridgehead atoms. The quantitative estimate of drug-likeness (QED) is 0.688. The summed E-state index contributed by atoms with van der Waals surface area (Å²) in [5.74, 6) is -1.35. The average Bonchev–Trinajstić information content (AvgIpc) is 2.41. The van der Waals surface area contributed by atoms with Gasteiger partial charge in [0.05, 0.1) is 10.9 Å². The molecule has 1 aromatic heterocycles. The zero-order chi connectivity index (χ0) is 15.1. The van der Waals surface area contributed by atoms with Gasteiger partial charge < -0.3 is 0 Å². The maximum atomic E-state index is 14.0. The molecule has 0 amide bonds. The Hall–Kier alpha value is -2.56. The molecule has 0 N–H and O–H groups in total. The molecule has 0 aliphatic carbocycles. The van der Waals surface area contributed by atoms with Gasteiger partial charge in [0.15, 0.2) is 0 Å². The molecule has 1 heterocycles. The second kappa shape index (κ2) is 4.77. The van der Waals surface area contributed by atoms with E-state index in [0.29, 0.717) is 10.9 Å². The van der Waals surface area contributed by atoms with Crippen molar-refractivity contribution in [2.24, 2.45) is 0 Å². The third-order valence-electron chi connectivity index (χ3n) is 3.43. The molecular weight excluding hydrogens is 274 g/mol. The lowest BCUT2D eigenvalue weighted by atomic mass is 10.1. The summed E-state index contributed by atoms with van der Waals surface area (Å²) in [7, 11) is 0. The summed E-state index contributed by atoms with van der Waals surface area (Å²) in [6.07, 6.45) is 0. The molecule has 3 nitrogen and oxygen atoms in total. The maximum absolute atomic E-state index is 14.0. The highest BCUT2D eigenvalue weighted by molar-refractivity contribution is 5.81. The smallest absolute Gasteiger partial charge is 0.266 e. The summed E-state index contributed by atoms with van der Waals surface area (Å²) in [6, 6.07) is 8.76. The van der Waals surface area contributed by atoms with E-state index in [1.165, 1.54) is 6.07 Å². The Bertz CT molecular complexity index is 896. The van der Waals surface area contributed by atoms with Crippen molar-refractivity contribution in [3.05, 3.63) is 69.8 Å². The summed E-state index contributed by atoms with van der Waals surface area (Å²) < 4.78 is 28.9. The average molecular weight is 286 g/mol. The van der Waals surface area contributed by atoms with Gasteiger partial charge in [-0.1, -0.05) is 18.2 Å². The molecule has 5 heteroatoms. The number of aryl methyl sites for hydroxylation is 2. The zero-order valence-electron chi connectivity index (χ0n) is 11.5. The normalized spacial score (nSPS) is 11.0. The van der Waals surface area contributed by atoms with Crippen molar-refractivity contribution in [2.45, 2.75) is 13.8 Å². The molecule has 2 aromatic carbocycles. The highest BCUT2D eigenvalue weighted by Crippen LogP contribution is 2.19. The van der Waals surface area contributed by atoms with E-state index in [4.69, 9.17) is 0 Å². The van der Waals surface area contributed by atoms with Crippen LogP contribution < -0.4 is 5.56 Å². The molecule has 21 heavy (non-hydrogen) atoms. The number of halogens is 2. The number of nitrogens with zero attached hydrogens (tertiary/aromatic N) is 2. The SMILES string of the molecule is Cc1cccc2nc(C)n(-c3c(F)cccc3F)c(=O)c12. The lowest BCUT2D eigenvalue weighted by Gasteiger charge is -2.13. The molecule has 0 fully saturated rings. The molecule has 0 unspecified atom stereocenters. The van der Waals surface area contributed by atoms with Gasteiger partial charge in [0.25, 0.3) is 5.56 Å². The fourth-order valence-corrected chi connectivity index (χ4v) is 2.47. The van der Waals surface area contributed by atoms with E-state index in [0.717, 1.165) is 22.3 Å². The van der Waals surface area contributed by atoms with Crippen LogP contribution in [0.1, 0.15) is 11.4 Å². The van der Waals surface area contributed by atoms with E-state index in [1.807, 2.05) is 0 Å². The number of benzene rings is 2. The van der Waals surface area contributed by atoms with Crippen LogP contribution in [-0.2, 0) is 0 Å². The second-order valence-electron chi connectivity index (χ2n) is 4.84. The van der Waals surface area contributed by atoms with Crippen LogP contribution in [0.4, 0.5) is 8.78 Å². The van der Waals surface area contributed by atoms with Gasteiger partial charge in [-0.3, -0.25) is 9.36 Å². The minimum atomic E-state index is -0.796. The van der Waals surface area contributed by atoms with Crippen molar-refractivity contribution in [1.82, 2.24) is 9.55 Å². The van der Waals surface area contributed by atoms with Crippen LogP contribution >= 0.6 is 0 Å². The van der Waals surface area contributed by atoms with Crippen molar-refractivity contribution < 1.29 is 8.78 Å². The van der Waals surface area contributed by atoms with E-state index >= 15 is 0 Å². The summed E-state index contributed by atoms with van der Waals surface area (Å²) in [4.78, 5) is 17.0. The maximum Gasteiger partial charge on any atom is 0.266 e. The molecule has 0 aliphatic rings. The predicted octanol–water partition coefficient (Wildman–Crippen LogP) is 3.28. The Morgan fingerprint density at radius 3 is 2.29 bits per heavy atom. The first-order valence-corrected chi connectivity index (χ1v) is 6.44. The van der Waals surface area contributed by atoms with Crippen LogP contribution in [0.5, 0.6) is 0 Å². The Morgan fingerprint density at radius 1 is 1.00 bits per heavy atom. The van der Waals surface area contributed by atoms with Gasteiger partial charge in [-0.2, -0.15) is 0 Å². The number of para-hydroxylation sites is 1. The second-order valence-corrected chi connectivity index (χ2v) is 4.84. The molecular formula is C16H12F2N2O. The van der Waals surface area contributed by atoms with E-state index in [1.54, 1.807) is 32.0 Å². The summed E-state index contributed by atoms with van der Waals surface area (Å²) >= 11 is 0. The summed E-state index contributed by atoms with van der Waals surface area (Å²) in [5.41, 5.74) is 0.373. The molecule has 106 valence electrons.